The van der Waals surface area contributed by atoms with Crippen LogP contribution in [-0.4, -0.2) is 4.21 Å². The van der Waals surface area contributed by atoms with Gasteiger partial charge in [0, 0.05) is 0 Å². The Kier molecular flexibility index (Phi) is 1.97. The summed E-state index contributed by atoms with van der Waals surface area (Å²) in [6.07, 6.45) is 0. The van der Waals surface area contributed by atoms with Gasteiger partial charge in [0.2, 0.25) is 0 Å². The lowest BCUT2D eigenvalue weighted by molar-refractivity contribution is 0.676. The lowest BCUT2D eigenvalue weighted by Crippen LogP contribution is -2.09. The van der Waals surface area contributed by atoms with Crippen molar-refractivity contribution in [1.29, 1.82) is 4.78 Å². The van der Waals surface area contributed by atoms with E-state index < -0.39 is 9.92 Å². The summed E-state index contributed by atoms with van der Waals surface area (Å²) in [5, 5.41) is 5.10. The van der Waals surface area contributed by atoms with Gasteiger partial charge in [0.15, 0.2) is 0 Å². The van der Waals surface area contributed by atoms with Crippen LogP contribution in [0.1, 0.15) is 5.56 Å². The molecule has 0 fully saturated rings. The number of nitrogens with one attached hydrogen (secondary N) is 1. The minimum absolute atomic E-state index is 0.378. The van der Waals surface area contributed by atoms with Crippen LogP contribution in [0.4, 0.5) is 0 Å². The molecule has 0 aliphatic heterocycles. The molecule has 4 heteroatoms. The highest BCUT2D eigenvalue weighted by Gasteiger charge is 2.00. The van der Waals surface area contributed by atoms with Gasteiger partial charge in [-0.25, -0.2) is 14.1 Å². The van der Waals surface area contributed by atoms with Crippen molar-refractivity contribution in [3.05, 3.63) is 29.8 Å². The van der Waals surface area contributed by atoms with Crippen LogP contribution in [0.15, 0.2) is 29.2 Å². The van der Waals surface area contributed by atoms with Gasteiger partial charge in [-0.05, 0) is 19.1 Å². The Bertz CT molecular complexity index is 339. The third-order valence-corrected chi connectivity index (χ3v) is 2.34. The molecule has 1 atom stereocenters. The van der Waals surface area contributed by atoms with Crippen molar-refractivity contribution >= 4 is 9.92 Å². The fourth-order valence-electron chi connectivity index (χ4n) is 0.740. The van der Waals surface area contributed by atoms with Crippen LogP contribution in [0.2, 0.25) is 0 Å². The molecule has 1 unspecified atom stereocenters. The third kappa shape index (κ3) is 2.03. The Hall–Kier alpha value is -0.870. The summed E-state index contributed by atoms with van der Waals surface area (Å²) in [6.45, 7) is 1.92. The van der Waals surface area contributed by atoms with Gasteiger partial charge < -0.3 is 0 Å². The molecule has 0 aliphatic carbocycles. The molecule has 0 saturated heterocycles. The molecule has 60 valence electrons. The zero-order chi connectivity index (χ0) is 8.48. The second kappa shape index (κ2) is 2.64. The van der Waals surface area contributed by atoms with Crippen molar-refractivity contribution in [3.63, 3.8) is 0 Å². The first-order valence-corrected chi connectivity index (χ1v) is 4.75. The normalized spacial score (nSPS) is 15.8. The maximum absolute atomic E-state index is 10.9. The van der Waals surface area contributed by atoms with Crippen molar-refractivity contribution in [2.75, 3.05) is 0 Å². The van der Waals surface area contributed by atoms with E-state index in [0.29, 0.717) is 4.90 Å². The fourth-order valence-corrected chi connectivity index (χ4v) is 1.28. The summed E-state index contributed by atoms with van der Waals surface area (Å²) >= 11 is 0. The molecule has 1 rings (SSSR count). The van der Waals surface area contributed by atoms with Crippen molar-refractivity contribution in [3.8, 4) is 0 Å². The highest BCUT2D eigenvalue weighted by Crippen LogP contribution is 2.07. The lowest BCUT2D eigenvalue weighted by atomic mass is 10.2. The first kappa shape index (κ1) is 8.23. The summed E-state index contributed by atoms with van der Waals surface area (Å²) in [7, 11) is -3.02. The minimum atomic E-state index is -3.02. The molecule has 0 heterocycles. The zero-order valence-corrected chi connectivity index (χ0v) is 7.02. The molecule has 3 nitrogen and oxygen atoms in total. The van der Waals surface area contributed by atoms with Gasteiger partial charge in [0.05, 0.1) is 4.90 Å². The average Bonchev–Trinajstić information content (AvgIpc) is 1.86. The third-order valence-electron chi connectivity index (χ3n) is 1.37. The maximum Gasteiger partial charge on any atom is 0.132 e. The Morgan fingerprint density at radius 1 is 1.36 bits per heavy atom. The van der Waals surface area contributed by atoms with E-state index in [1.165, 1.54) is 0 Å². The smallest absolute Gasteiger partial charge is 0.132 e. The number of aryl methyl sites for hydroxylation is 1. The average molecular weight is 170 g/mol. The van der Waals surface area contributed by atoms with Crippen LogP contribution in [0.5, 0.6) is 0 Å². The van der Waals surface area contributed by atoms with Gasteiger partial charge in [-0.2, -0.15) is 0 Å². The Morgan fingerprint density at radius 2 is 1.82 bits per heavy atom. The van der Waals surface area contributed by atoms with E-state index >= 15 is 0 Å². The van der Waals surface area contributed by atoms with E-state index in [4.69, 9.17) is 9.92 Å². The molecule has 3 N–H and O–H groups in total. The van der Waals surface area contributed by atoms with Crippen LogP contribution in [0, 0.1) is 11.7 Å². The fraction of sp³-hybridized carbons (Fsp3) is 0.143. The molecule has 0 aromatic heterocycles. The number of hydrogen-bond donors (Lipinski definition) is 2. The van der Waals surface area contributed by atoms with Crippen molar-refractivity contribution in [1.82, 2.24) is 0 Å². The summed E-state index contributed by atoms with van der Waals surface area (Å²) < 4.78 is 18.0. The van der Waals surface area contributed by atoms with Crippen LogP contribution < -0.4 is 5.14 Å². The maximum atomic E-state index is 10.9. The van der Waals surface area contributed by atoms with E-state index in [1.54, 1.807) is 24.3 Å². The molecule has 1 aromatic rings. The number of hydrogen-bond acceptors (Lipinski definition) is 2. The second-order valence-electron chi connectivity index (χ2n) is 2.41. The standard InChI is InChI=1S/C7H10N2OS/c1-6-2-4-7(5-3-6)11(8,9)10/h2-5H,1H3,(H3,8,9,10). The monoisotopic (exact) mass is 170 g/mol. The second-order valence-corrected chi connectivity index (χ2v) is 4.09. The molecule has 0 saturated carbocycles. The molecule has 11 heavy (non-hydrogen) atoms. The largest absolute Gasteiger partial charge is 0.241 e. The number of nitrogens with two attached hydrogens (primary N) is 1. The van der Waals surface area contributed by atoms with Crippen LogP contribution in [0.3, 0.4) is 0 Å². The van der Waals surface area contributed by atoms with E-state index in [-0.39, 0.29) is 0 Å². The van der Waals surface area contributed by atoms with Gasteiger partial charge in [-0.1, -0.05) is 17.7 Å². The molecular formula is C7H10N2OS. The molecule has 0 aliphatic rings. The Morgan fingerprint density at radius 3 is 2.18 bits per heavy atom. The zero-order valence-electron chi connectivity index (χ0n) is 6.20. The summed E-state index contributed by atoms with van der Waals surface area (Å²) in [6, 6.07) is 6.81. The van der Waals surface area contributed by atoms with Gasteiger partial charge in [0.1, 0.15) is 9.92 Å². The number of rotatable bonds is 1. The summed E-state index contributed by atoms with van der Waals surface area (Å²) in [4.78, 5) is 0.378. The molecule has 0 spiro atoms. The summed E-state index contributed by atoms with van der Waals surface area (Å²) in [5.41, 5.74) is 1.07. The first-order chi connectivity index (χ1) is 5.00. The summed E-state index contributed by atoms with van der Waals surface area (Å²) in [5.74, 6) is 0. The van der Waals surface area contributed by atoms with E-state index in [9.17, 15) is 4.21 Å². The Balaban J connectivity index is 3.20. The molecule has 1 aromatic carbocycles. The van der Waals surface area contributed by atoms with Crippen molar-refractivity contribution in [2.24, 2.45) is 5.14 Å². The quantitative estimate of drug-likeness (QED) is 0.655. The van der Waals surface area contributed by atoms with Gasteiger partial charge in [-0.15, -0.1) is 0 Å². The van der Waals surface area contributed by atoms with Gasteiger partial charge >= 0.3 is 0 Å². The molecule has 0 amide bonds. The highest BCUT2D eigenvalue weighted by molar-refractivity contribution is 7.90. The van der Waals surface area contributed by atoms with E-state index in [2.05, 4.69) is 0 Å². The molecule has 0 bridgehead atoms. The number of benzene rings is 1. The highest BCUT2D eigenvalue weighted by atomic mass is 32.2. The van der Waals surface area contributed by atoms with E-state index in [1.807, 2.05) is 6.92 Å². The van der Waals surface area contributed by atoms with Crippen LogP contribution in [-0.2, 0) is 9.92 Å². The molecular weight excluding hydrogens is 160 g/mol. The minimum Gasteiger partial charge on any atom is -0.241 e. The Labute approximate surface area is 66.3 Å². The van der Waals surface area contributed by atoms with Gasteiger partial charge in [0.25, 0.3) is 0 Å². The van der Waals surface area contributed by atoms with Crippen LogP contribution >= 0.6 is 0 Å². The van der Waals surface area contributed by atoms with Gasteiger partial charge in [-0.3, -0.25) is 0 Å². The first-order valence-electron chi connectivity index (χ1n) is 3.13. The van der Waals surface area contributed by atoms with E-state index in [0.717, 1.165) is 5.56 Å². The predicted octanol–water partition coefficient (Wildman–Crippen LogP) is 1.27. The van der Waals surface area contributed by atoms with Crippen molar-refractivity contribution in [2.45, 2.75) is 11.8 Å². The topological polar surface area (TPSA) is 66.9 Å². The van der Waals surface area contributed by atoms with Crippen LogP contribution in [0.25, 0.3) is 0 Å². The van der Waals surface area contributed by atoms with Crippen molar-refractivity contribution < 1.29 is 4.21 Å². The lowest BCUT2D eigenvalue weighted by Gasteiger charge is -1.99. The predicted molar refractivity (Wildman–Crippen MR) is 44.5 cm³/mol. The molecule has 0 radical (unpaired) electrons. The SMILES string of the molecule is Cc1ccc(S(=N)(N)=O)cc1.